The molecular weight excluding hydrogens is 498 g/mol. The first-order valence-electron chi connectivity index (χ1n) is 13.9. The number of carbonyl (C=O) groups excluding carboxylic acids is 3. The first-order valence-corrected chi connectivity index (χ1v) is 14.7. The van der Waals surface area contributed by atoms with Crippen molar-refractivity contribution < 1.29 is 19.5 Å². The second-order valence-corrected chi connectivity index (χ2v) is 13.7. The Kier molecular flexibility index (Phi) is 7.24. The second-order valence-electron chi connectivity index (χ2n) is 11.8. The van der Waals surface area contributed by atoms with Crippen LogP contribution in [0.15, 0.2) is 42.5 Å². The minimum atomic E-state index is -0.766. The average molecular weight is 538 g/mol. The number of amides is 3. The Morgan fingerprint density at radius 3 is 2.55 bits per heavy atom. The standard InChI is InChI=1S/C30H39N3O4S/c1-5-14-31-26(35)23-24-28(37)33(22(17-34)15-18(2)3)25(30(24)13-12-29(23,4)38-30)27(36)32-21-11-10-19-8-6-7-9-20(19)16-21/h6-11,16,18,22-25,34H,5,12-15,17H2,1-4H3,(H,31,35)(H,32,36)/t22-,23-,24+,25?,29+,30?/m1/s1. The number of carbonyl (C=O) groups is 3. The minimum Gasteiger partial charge on any atom is -0.394 e. The van der Waals surface area contributed by atoms with Crippen LogP contribution in [0, 0.1) is 17.8 Å². The van der Waals surface area contributed by atoms with Crippen LogP contribution in [0.25, 0.3) is 10.8 Å². The molecule has 7 nitrogen and oxygen atoms in total. The van der Waals surface area contributed by atoms with Gasteiger partial charge in [-0.2, -0.15) is 0 Å². The highest BCUT2D eigenvalue weighted by Crippen LogP contribution is 2.71. The summed E-state index contributed by atoms with van der Waals surface area (Å²) < 4.78 is -1.11. The fraction of sp³-hybridized carbons (Fsp3) is 0.567. The normalized spacial score (nSPS) is 30.6. The van der Waals surface area contributed by atoms with Gasteiger partial charge in [0.15, 0.2) is 0 Å². The summed E-state index contributed by atoms with van der Waals surface area (Å²) in [5.41, 5.74) is 0.673. The highest BCUT2D eigenvalue weighted by Gasteiger charge is 2.77. The monoisotopic (exact) mass is 537 g/mol. The molecule has 3 saturated heterocycles. The van der Waals surface area contributed by atoms with E-state index in [2.05, 4.69) is 31.4 Å². The number of hydrogen-bond acceptors (Lipinski definition) is 5. The van der Waals surface area contributed by atoms with Crippen LogP contribution in [0.5, 0.6) is 0 Å². The lowest BCUT2D eigenvalue weighted by atomic mass is 9.66. The van der Waals surface area contributed by atoms with Crippen molar-refractivity contribution in [2.24, 2.45) is 17.8 Å². The van der Waals surface area contributed by atoms with Gasteiger partial charge in [-0.3, -0.25) is 14.4 Å². The van der Waals surface area contributed by atoms with E-state index < -0.39 is 33.4 Å². The lowest BCUT2D eigenvalue weighted by molar-refractivity contribution is -0.143. The van der Waals surface area contributed by atoms with Gasteiger partial charge in [0, 0.05) is 17.0 Å². The van der Waals surface area contributed by atoms with Crippen LogP contribution in [0.1, 0.15) is 53.4 Å². The van der Waals surface area contributed by atoms with Gasteiger partial charge < -0.3 is 20.6 Å². The van der Waals surface area contributed by atoms with E-state index in [-0.39, 0.29) is 30.2 Å². The van der Waals surface area contributed by atoms with Crippen molar-refractivity contribution in [2.75, 3.05) is 18.5 Å². The van der Waals surface area contributed by atoms with Gasteiger partial charge in [-0.1, -0.05) is 51.1 Å². The fourth-order valence-corrected chi connectivity index (χ4v) is 9.46. The molecule has 2 aromatic rings. The molecule has 2 unspecified atom stereocenters. The maximum Gasteiger partial charge on any atom is 0.248 e. The molecule has 3 aliphatic heterocycles. The predicted molar refractivity (Wildman–Crippen MR) is 152 cm³/mol. The number of aliphatic hydroxyl groups excluding tert-OH is 1. The summed E-state index contributed by atoms with van der Waals surface area (Å²) in [5.74, 6) is -1.37. The molecule has 8 heteroatoms. The van der Waals surface area contributed by atoms with E-state index in [1.807, 2.05) is 49.4 Å². The summed E-state index contributed by atoms with van der Waals surface area (Å²) >= 11 is 1.66. The number of hydrogen-bond donors (Lipinski definition) is 3. The molecule has 1 spiro atoms. The van der Waals surface area contributed by atoms with Crippen molar-refractivity contribution in [3.63, 3.8) is 0 Å². The molecule has 38 heavy (non-hydrogen) atoms. The fourth-order valence-electron chi connectivity index (χ4n) is 7.11. The van der Waals surface area contributed by atoms with E-state index in [0.717, 1.165) is 23.6 Å². The Hall–Kier alpha value is -2.58. The highest BCUT2D eigenvalue weighted by molar-refractivity contribution is 8.02. The predicted octanol–water partition coefficient (Wildman–Crippen LogP) is 4.19. The van der Waals surface area contributed by atoms with Crippen LogP contribution in [-0.2, 0) is 14.4 Å². The van der Waals surface area contributed by atoms with Crippen LogP contribution in [0.2, 0.25) is 0 Å². The average Bonchev–Trinajstić information content (AvgIpc) is 3.46. The number of nitrogens with one attached hydrogen (secondary N) is 2. The van der Waals surface area contributed by atoms with Crippen molar-refractivity contribution in [2.45, 2.75) is 75.0 Å². The van der Waals surface area contributed by atoms with Gasteiger partial charge in [0.1, 0.15) is 6.04 Å². The Balaban J connectivity index is 1.54. The van der Waals surface area contributed by atoms with Crippen LogP contribution in [-0.4, -0.2) is 62.5 Å². The minimum absolute atomic E-state index is 0.0956. The molecule has 0 radical (unpaired) electrons. The third kappa shape index (κ3) is 4.30. The van der Waals surface area contributed by atoms with E-state index in [4.69, 9.17) is 0 Å². The Labute approximate surface area is 229 Å². The third-order valence-corrected chi connectivity index (χ3v) is 10.6. The zero-order valence-corrected chi connectivity index (χ0v) is 23.5. The first kappa shape index (κ1) is 27.0. The Morgan fingerprint density at radius 2 is 1.87 bits per heavy atom. The molecular formula is C30H39N3O4S. The molecule has 3 amide bonds. The Bertz CT molecular complexity index is 1250. The summed E-state index contributed by atoms with van der Waals surface area (Å²) in [5, 5.41) is 18.7. The molecule has 5 rings (SSSR count). The molecule has 0 aliphatic carbocycles. The lowest BCUT2D eigenvalue weighted by Crippen LogP contribution is -2.55. The van der Waals surface area contributed by atoms with Gasteiger partial charge in [0.2, 0.25) is 17.7 Å². The molecule has 2 bridgehead atoms. The number of likely N-dealkylation sites (tertiary alicyclic amines) is 1. The molecule has 6 atom stereocenters. The molecule has 2 aromatic carbocycles. The van der Waals surface area contributed by atoms with E-state index in [1.54, 1.807) is 16.7 Å². The van der Waals surface area contributed by atoms with Gasteiger partial charge in [0.25, 0.3) is 0 Å². The van der Waals surface area contributed by atoms with Crippen molar-refractivity contribution in [1.29, 1.82) is 0 Å². The number of benzene rings is 2. The molecule has 204 valence electrons. The summed E-state index contributed by atoms with van der Waals surface area (Å²) in [7, 11) is 0. The van der Waals surface area contributed by atoms with E-state index in [0.29, 0.717) is 25.1 Å². The molecule has 3 N–H and O–H groups in total. The lowest BCUT2D eigenvalue weighted by Gasteiger charge is -2.37. The second kappa shape index (κ2) is 10.2. The van der Waals surface area contributed by atoms with Gasteiger partial charge >= 0.3 is 0 Å². The van der Waals surface area contributed by atoms with Crippen molar-refractivity contribution in [1.82, 2.24) is 10.2 Å². The molecule has 0 aromatic heterocycles. The largest absolute Gasteiger partial charge is 0.394 e. The van der Waals surface area contributed by atoms with Crippen LogP contribution >= 0.6 is 11.8 Å². The maximum atomic E-state index is 14.3. The van der Waals surface area contributed by atoms with Gasteiger partial charge in [-0.05, 0) is 61.4 Å². The van der Waals surface area contributed by atoms with Crippen LogP contribution < -0.4 is 10.6 Å². The van der Waals surface area contributed by atoms with E-state index in [1.165, 1.54) is 0 Å². The molecule has 3 aliphatic rings. The highest BCUT2D eigenvalue weighted by atomic mass is 32.2. The van der Waals surface area contributed by atoms with E-state index >= 15 is 0 Å². The number of fused-ring (bicyclic) bond motifs is 2. The number of thioether (sulfide) groups is 1. The summed E-state index contributed by atoms with van der Waals surface area (Å²) in [4.78, 5) is 43.6. The number of rotatable bonds is 9. The smallest absolute Gasteiger partial charge is 0.248 e. The SMILES string of the molecule is CCCNC(=O)[C@H]1[C@H]2C(=O)N([C@@H](CO)CC(C)C)C(C(=O)Nc3ccc4ccccc4c3)C23CC[C@]1(C)S3. The third-order valence-electron chi connectivity index (χ3n) is 8.66. The molecule has 3 heterocycles. The molecule has 3 fully saturated rings. The number of anilines is 1. The summed E-state index contributed by atoms with van der Waals surface area (Å²) in [6.07, 6.45) is 2.86. The van der Waals surface area contributed by atoms with Gasteiger partial charge in [-0.15, -0.1) is 11.8 Å². The number of nitrogens with zero attached hydrogens (tertiary/aromatic N) is 1. The topological polar surface area (TPSA) is 98.7 Å². The van der Waals surface area contributed by atoms with E-state index in [9.17, 15) is 19.5 Å². The van der Waals surface area contributed by atoms with Gasteiger partial charge in [0.05, 0.1) is 29.2 Å². The quantitative estimate of drug-likeness (QED) is 0.446. The maximum absolute atomic E-state index is 14.3. The van der Waals surface area contributed by atoms with Crippen molar-refractivity contribution in [3.05, 3.63) is 42.5 Å². The zero-order chi connectivity index (χ0) is 27.2. The summed E-state index contributed by atoms with van der Waals surface area (Å²) in [6, 6.07) is 12.5. The van der Waals surface area contributed by atoms with Crippen LogP contribution in [0.4, 0.5) is 5.69 Å². The zero-order valence-electron chi connectivity index (χ0n) is 22.7. The summed E-state index contributed by atoms with van der Waals surface area (Å²) in [6.45, 7) is 8.53. The van der Waals surface area contributed by atoms with Gasteiger partial charge in [-0.25, -0.2) is 0 Å². The van der Waals surface area contributed by atoms with Crippen molar-refractivity contribution in [3.8, 4) is 0 Å². The van der Waals surface area contributed by atoms with Crippen LogP contribution in [0.3, 0.4) is 0 Å². The molecule has 0 saturated carbocycles. The Morgan fingerprint density at radius 1 is 1.13 bits per heavy atom. The van der Waals surface area contributed by atoms with Crippen molar-refractivity contribution >= 4 is 45.9 Å². The number of aliphatic hydroxyl groups is 1. The first-order chi connectivity index (χ1) is 18.1.